The molecule has 1 atom stereocenters. The maximum atomic E-state index is 13.0. The number of rotatable bonds is 11. The average molecular weight is 278 g/mol. The molecule has 1 unspecified atom stereocenters. The van der Waals surface area contributed by atoms with E-state index in [0.29, 0.717) is 26.0 Å². The molecule has 0 aliphatic heterocycles. The fourth-order valence-electron chi connectivity index (χ4n) is 1.81. The standard InChI is InChI=1S/C13H27O4P/c1-6-10-11-12-18(14,17-9-4)13(5,15-7-2)16-8-3/h6H,1,7-12H2,2-5H3. The Kier molecular flexibility index (Phi) is 8.79. The van der Waals surface area contributed by atoms with Gasteiger partial charge in [0.2, 0.25) is 5.53 Å². The third-order valence-corrected chi connectivity index (χ3v) is 5.72. The first-order valence-corrected chi connectivity index (χ1v) is 8.43. The molecular weight excluding hydrogens is 251 g/mol. The zero-order valence-electron chi connectivity index (χ0n) is 12.1. The van der Waals surface area contributed by atoms with Gasteiger partial charge in [0.1, 0.15) is 0 Å². The van der Waals surface area contributed by atoms with Crippen LogP contribution in [-0.4, -0.2) is 31.5 Å². The van der Waals surface area contributed by atoms with Crippen molar-refractivity contribution in [3.05, 3.63) is 12.7 Å². The summed E-state index contributed by atoms with van der Waals surface area (Å²) in [6, 6.07) is 0. The summed E-state index contributed by atoms with van der Waals surface area (Å²) < 4.78 is 29.7. The molecule has 0 radical (unpaired) electrons. The summed E-state index contributed by atoms with van der Waals surface area (Å²) in [5.41, 5.74) is -1.15. The Morgan fingerprint density at radius 1 is 1.17 bits per heavy atom. The number of allylic oxidation sites excluding steroid dienone is 1. The first-order chi connectivity index (χ1) is 8.49. The van der Waals surface area contributed by atoms with Crippen LogP contribution in [-0.2, 0) is 18.6 Å². The highest BCUT2D eigenvalue weighted by Gasteiger charge is 2.47. The first-order valence-electron chi connectivity index (χ1n) is 6.62. The zero-order valence-corrected chi connectivity index (χ0v) is 13.0. The molecule has 0 saturated heterocycles. The fraction of sp³-hybridized carbons (Fsp3) is 0.846. The molecule has 108 valence electrons. The molecule has 0 aliphatic rings. The number of ether oxygens (including phenoxy) is 2. The van der Waals surface area contributed by atoms with Gasteiger partial charge < -0.3 is 14.0 Å². The minimum atomic E-state index is -3.00. The molecule has 4 nitrogen and oxygen atoms in total. The molecule has 0 aromatic rings. The van der Waals surface area contributed by atoms with Gasteiger partial charge in [0.25, 0.3) is 7.37 Å². The van der Waals surface area contributed by atoms with Crippen LogP contribution in [0.2, 0.25) is 0 Å². The predicted octanol–water partition coefficient (Wildman–Crippen LogP) is 4.01. The third kappa shape index (κ3) is 4.85. The Balaban J connectivity index is 4.97. The molecule has 18 heavy (non-hydrogen) atoms. The van der Waals surface area contributed by atoms with Crippen molar-refractivity contribution in [2.75, 3.05) is 26.0 Å². The van der Waals surface area contributed by atoms with Gasteiger partial charge in [-0.05, 0) is 40.5 Å². The normalized spacial score (nSPS) is 15.3. The predicted molar refractivity (Wildman–Crippen MR) is 75.2 cm³/mol. The molecule has 5 heteroatoms. The fourth-order valence-corrected chi connectivity index (χ4v) is 4.25. The van der Waals surface area contributed by atoms with Crippen LogP contribution in [0.1, 0.15) is 40.5 Å². The molecule has 0 N–H and O–H groups in total. The minimum Gasteiger partial charge on any atom is -0.342 e. The topological polar surface area (TPSA) is 44.8 Å². The van der Waals surface area contributed by atoms with E-state index in [1.807, 2.05) is 26.8 Å². The van der Waals surface area contributed by atoms with E-state index < -0.39 is 12.9 Å². The Morgan fingerprint density at radius 2 is 1.72 bits per heavy atom. The maximum Gasteiger partial charge on any atom is 0.260 e. The molecule has 0 heterocycles. The summed E-state index contributed by atoms with van der Waals surface area (Å²) in [6.07, 6.45) is 3.83. The van der Waals surface area contributed by atoms with Gasteiger partial charge in [-0.15, -0.1) is 6.58 Å². The zero-order chi connectivity index (χ0) is 14.1. The number of hydrogen-bond acceptors (Lipinski definition) is 4. The van der Waals surface area contributed by atoms with Gasteiger partial charge in [-0.1, -0.05) is 6.08 Å². The van der Waals surface area contributed by atoms with Gasteiger partial charge >= 0.3 is 0 Å². The van der Waals surface area contributed by atoms with E-state index in [9.17, 15) is 4.57 Å². The molecule has 0 aromatic heterocycles. The van der Waals surface area contributed by atoms with E-state index in [-0.39, 0.29) is 0 Å². The lowest BCUT2D eigenvalue weighted by atomic mass is 10.3. The molecule has 0 amide bonds. The van der Waals surface area contributed by atoms with Crippen LogP contribution >= 0.6 is 7.37 Å². The van der Waals surface area contributed by atoms with E-state index in [1.165, 1.54) is 0 Å². The second kappa shape index (κ2) is 8.87. The quantitative estimate of drug-likeness (QED) is 0.248. The Hall–Kier alpha value is -0.150. The Morgan fingerprint density at radius 3 is 2.11 bits per heavy atom. The summed E-state index contributed by atoms with van der Waals surface area (Å²) in [5.74, 6) is 0. The van der Waals surface area contributed by atoms with Crippen molar-refractivity contribution >= 4 is 7.37 Å². The lowest BCUT2D eigenvalue weighted by Gasteiger charge is -2.36. The summed E-state index contributed by atoms with van der Waals surface area (Å²) in [4.78, 5) is 0. The van der Waals surface area contributed by atoms with Crippen molar-refractivity contribution < 1.29 is 18.6 Å². The molecule has 0 rings (SSSR count). The van der Waals surface area contributed by atoms with Crippen molar-refractivity contribution in [2.24, 2.45) is 0 Å². The third-order valence-electron chi connectivity index (χ3n) is 2.64. The number of unbranched alkanes of at least 4 members (excludes halogenated alkanes) is 1. The van der Waals surface area contributed by atoms with E-state index >= 15 is 0 Å². The van der Waals surface area contributed by atoms with Crippen LogP contribution in [0.5, 0.6) is 0 Å². The molecule has 0 aromatic carbocycles. The molecule has 0 spiro atoms. The summed E-state index contributed by atoms with van der Waals surface area (Å²) in [6.45, 7) is 12.2. The average Bonchev–Trinajstić information content (AvgIpc) is 2.30. The highest BCUT2D eigenvalue weighted by atomic mass is 31.2. The van der Waals surface area contributed by atoms with Gasteiger partial charge in [-0.2, -0.15) is 0 Å². The van der Waals surface area contributed by atoms with E-state index in [4.69, 9.17) is 14.0 Å². The Labute approximate surface area is 111 Å². The van der Waals surface area contributed by atoms with Gasteiger partial charge in [-0.3, -0.25) is 4.57 Å². The second-order valence-electron chi connectivity index (χ2n) is 4.01. The number of hydrogen-bond donors (Lipinski definition) is 0. The lowest BCUT2D eigenvalue weighted by Crippen LogP contribution is -2.34. The highest BCUT2D eigenvalue weighted by molar-refractivity contribution is 7.60. The van der Waals surface area contributed by atoms with Gasteiger partial charge in [-0.25, -0.2) is 0 Å². The van der Waals surface area contributed by atoms with Crippen molar-refractivity contribution in [1.29, 1.82) is 0 Å². The van der Waals surface area contributed by atoms with Crippen LogP contribution in [0.25, 0.3) is 0 Å². The molecule has 0 aliphatic carbocycles. The molecule has 0 fully saturated rings. The monoisotopic (exact) mass is 278 g/mol. The first kappa shape index (κ1) is 17.8. The minimum absolute atomic E-state index is 0.390. The van der Waals surface area contributed by atoms with E-state index in [2.05, 4.69) is 6.58 Å². The summed E-state index contributed by atoms with van der Waals surface area (Å²) in [7, 11) is -3.00. The highest BCUT2D eigenvalue weighted by Crippen LogP contribution is 2.60. The molecular formula is C13H27O4P. The van der Waals surface area contributed by atoms with Crippen LogP contribution in [0.15, 0.2) is 12.7 Å². The van der Waals surface area contributed by atoms with Crippen molar-refractivity contribution in [1.82, 2.24) is 0 Å². The molecule has 0 saturated carbocycles. The molecule has 0 bridgehead atoms. The van der Waals surface area contributed by atoms with Gasteiger partial charge in [0.05, 0.1) is 6.61 Å². The van der Waals surface area contributed by atoms with E-state index in [0.717, 1.165) is 12.8 Å². The van der Waals surface area contributed by atoms with Gasteiger partial charge in [0.15, 0.2) is 0 Å². The smallest absolute Gasteiger partial charge is 0.260 e. The second-order valence-corrected chi connectivity index (χ2v) is 6.87. The van der Waals surface area contributed by atoms with Crippen molar-refractivity contribution in [2.45, 2.75) is 46.1 Å². The van der Waals surface area contributed by atoms with Crippen LogP contribution < -0.4 is 0 Å². The SMILES string of the molecule is C=CCCCP(=O)(OCC)C(C)(OCC)OCC. The van der Waals surface area contributed by atoms with Crippen LogP contribution in [0.4, 0.5) is 0 Å². The van der Waals surface area contributed by atoms with Gasteiger partial charge in [0, 0.05) is 19.4 Å². The maximum absolute atomic E-state index is 13.0. The lowest BCUT2D eigenvalue weighted by molar-refractivity contribution is -0.168. The Bertz CT molecular complexity index is 272. The van der Waals surface area contributed by atoms with E-state index in [1.54, 1.807) is 6.92 Å². The van der Waals surface area contributed by atoms with Crippen LogP contribution in [0, 0.1) is 0 Å². The van der Waals surface area contributed by atoms with Crippen molar-refractivity contribution in [3.63, 3.8) is 0 Å². The summed E-state index contributed by atoms with van der Waals surface area (Å²) >= 11 is 0. The van der Waals surface area contributed by atoms with Crippen molar-refractivity contribution in [3.8, 4) is 0 Å². The van der Waals surface area contributed by atoms with Crippen LogP contribution in [0.3, 0.4) is 0 Å². The largest absolute Gasteiger partial charge is 0.342 e. The summed E-state index contributed by atoms with van der Waals surface area (Å²) in [5, 5.41) is 0.